The van der Waals surface area contributed by atoms with E-state index in [1.807, 2.05) is 67.6 Å². The van der Waals surface area contributed by atoms with Crippen molar-refractivity contribution in [2.75, 3.05) is 14.2 Å². The Morgan fingerprint density at radius 1 is 0.844 bits per heavy atom. The van der Waals surface area contributed by atoms with Crippen LogP contribution in [-0.2, 0) is 16.0 Å². The lowest BCUT2D eigenvalue weighted by Gasteiger charge is -2.22. The summed E-state index contributed by atoms with van der Waals surface area (Å²) in [5, 5.41) is 0. The summed E-state index contributed by atoms with van der Waals surface area (Å²) >= 11 is 0. The second kappa shape index (κ2) is 10.5. The van der Waals surface area contributed by atoms with Gasteiger partial charge in [0.05, 0.1) is 14.2 Å². The summed E-state index contributed by atoms with van der Waals surface area (Å²) < 4.78 is 22.4. The molecule has 0 radical (unpaired) electrons. The Balaban J connectivity index is 2.11. The van der Waals surface area contributed by atoms with Crippen LogP contribution in [0.4, 0.5) is 0 Å². The first-order valence-corrected chi connectivity index (χ1v) is 10.3. The van der Waals surface area contributed by atoms with Gasteiger partial charge in [-0.1, -0.05) is 67.6 Å². The molecule has 3 rings (SSSR count). The summed E-state index contributed by atoms with van der Waals surface area (Å²) in [5.74, 6) is -0.513. The van der Waals surface area contributed by atoms with Crippen molar-refractivity contribution in [1.29, 1.82) is 0 Å². The molecule has 0 aliphatic rings. The summed E-state index contributed by atoms with van der Waals surface area (Å²) in [4.78, 5) is 25.2. The van der Waals surface area contributed by atoms with Crippen LogP contribution in [0, 0.1) is 0 Å². The first-order valence-electron chi connectivity index (χ1n) is 10.3. The van der Waals surface area contributed by atoms with Crippen molar-refractivity contribution in [3.8, 4) is 17.2 Å². The molecule has 0 aliphatic heterocycles. The van der Waals surface area contributed by atoms with Crippen molar-refractivity contribution in [3.05, 3.63) is 89.0 Å². The molecule has 0 aromatic heterocycles. The van der Waals surface area contributed by atoms with E-state index in [9.17, 15) is 9.59 Å². The molecule has 3 aromatic carbocycles. The van der Waals surface area contributed by atoms with E-state index in [0.29, 0.717) is 17.7 Å². The molecule has 0 N–H and O–H groups in total. The summed E-state index contributed by atoms with van der Waals surface area (Å²) in [6.07, 6.45) is -0.106. The van der Waals surface area contributed by atoms with Gasteiger partial charge >= 0.3 is 11.9 Å². The Labute approximate surface area is 187 Å². The molecule has 0 bridgehead atoms. The summed E-state index contributed by atoms with van der Waals surface area (Å²) in [6, 6.07) is 20.4. The molecule has 0 heterocycles. The highest BCUT2D eigenvalue weighted by atomic mass is 16.6. The van der Waals surface area contributed by atoms with E-state index in [1.165, 1.54) is 27.2 Å². The van der Waals surface area contributed by atoms with Crippen LogP contribution in [0.5, 0.6) is 17.2 Å². The molecule has 0 saturated heterocycles. The molecule has 0 saturated carbocycles. The molecule has 0 aliphatic carbocycles. The van der Waals surface area contributed by atoms with Crippen molar-refractivity contribution in [3.63, 3.8) is 0 Å². The van der Waals surface area contributed by atoms with E-state index in [1.54, 1.807) is 0 Å². The number of methoxy groups -OCH3 is 2. The Morgan fingerprint density at radius 3 is 1.84 bits per heavy atom. The van der Waals surface area contributed by atoms with E-state index in [4.69, 9.17) is 18.9 Å². The largest absolute Gasteiger partial charge is 0.496 e. The van der Waals surface area contributed by atoms with Gasteiger partial charge in [-0.2, -0.15) is 0 Å². The minimum atomic E-state index is -0.668. The Bertz CT molecular complexity index is 1040. The molecule has 166 valence electrons. The zero-order chi connectivity index (χ0) is 23.1. The topological polar surface area (TPSA) is 71.1 Å². The van der Waals surface area contributed by atoms with Crippen molar-refractivity contribution < 1.29 is 28.5 Å². The number of carbonyl (C=O) groups excluding carboxylic acids is 2. The van der Waals surface area contributed by atoms with Crippen molar-refractivity contribution in [2.24, 2.45) is 0 Å². The average Bonchev–Trinajstić information content (AvgIpc) is 2.82. The van der Waals surface area contributed by atoms with Gasteiger partial charge in [0.2, 0.25) is 0 Å². The average molecular weight is 434 g/mol. The maximum absolute atomic E-state index is 13.4. The minimum absolute atomic E-state index is 0.0162. The van der Waals surface area contributed by atoms with Gasteiger partial charge < -0.3 is 18.9 Å². The van der Waals surface area contributed by atoms with Crippen LogP contribution in [0.25, 0.3) is 0 Å². The van der Waals surface area contributed by atoms with Crippen LogP contribution in [-0.4, -0.2) is 26.2 Å². The fourth-order valence-corrected chi connectivity index (χ4v) is 3.54. The van der Waals surface area contributed by atoms with Crippen LogP contribution >= 0.6 is 0 Å². The summed E-state index contributed by atoms with van der Waals surface area (Å²) in [6.45, 7) is 3.18. The van der Waals surface area contributed by atoms with Crippen LogP contribution in [0.2, 0.25) is 0 Å². The summed E-state index contributed by atoms with van der Waals surface area (Å²) in [5.41, 5.74) is 2.35. The second-order valence-corrected chi connectivity index (χ2v) is 7.02. The molecule has 0 unspecified atom stereocenters. The van der Waals surface area contributed by atoms with E-state index in [0.717, 1.165) is 11.1 Å². The third-order valence-electron chi connectivity index (χ3n) is 4.97. The lowest BCUT2D eigenvalue weighted by molar-refractivity contribution is -0.132. The van der Waals surface area contributed by atoms with Crippen molar-refractivity contribution in [1.82, 2.24) is 0 Å². The third kappa shape index (κ3) is 4.91. The SMILES string of the molecule is CCc1c(OC)cc(C(=O)OC(c2ccccc2)c2ccccc2)c(OC(C)=O)c1OC. The quantitative estimate of drug-likeness (QED) is 0.361. The number of hydrogen-bond donors (Lipinski definition) is 0. The highest BCUT2D eigenvalue weighted by Gasteiger charge is 2.28. The van der Waals surface area contributed by atoms with Gasteiger partial charge in [0.15, 0.2) is 17.6 Å². The van der Waals surface area contributed by atoms with Gasteiger partial charge in [-0.15, -0.1) is 0 Å². The lowest BCUT2D eigenvalue weighted by atomic mass is 10.0. The number of esters is 2. The fraction of sp³-hybridized carbons (Fsp3) is 0.231. The van der Waals surface area contributed by atoms with Crippen LogP contribution in [0.1, 0.15) is 47.0 Å². The molecule has 0 amide bonds. The first kappa shape index (κ1) is 22.9. The zero-order valence-electron chi connectivity index (χ0n) is 18.6. The number of hydrogen-bond acceptors (Lipinski definition) is 6. The van der Waals surface area contributed by atoms with Gasteiger partial charge in [0.1, 0.15) is 11.3 Å². The van der Waals surface area contributed by atoms with Gasteiger partial charge in [-0.25, -0.2) is 4.79 Å². The fourth-order valence-electron chi connectivity index (χ4n) is 3.54. The minimum Gasteiger partial charge on any atom is -0.496 e. The Hall–Kier alpha value is -3.80. The molecule has 0 spiro atoms. The van der Waals surface area contributed by atoms with E-state index in [-0.39, 0.29) is 17.1 Å². The molecule has 32 heavy (non-hydrogen) atoms. The van der Waals surface area contributed by atoms with E-state index < -0.39 is 18.0 Å². The maximum atomic E-state index is 13.4. The highest BCUT2D eigenvalue weighted by molar-refractivity contribution is 5.96. The second-order valence-electron chi connectivity index (χ2n) is 7.02. The maximum Gasteiger partial charge on any atom is 0.343 e. The molecule has 3 aromatic rings. The van der Waals surface area contributed by atoms with Crippen molar-refractivity contribution >= 4 is 11.9 Å². The van der Waals surface area contributed by atoms with Gasteiger partial charge in [-0.3, -0.25) is 4.79 Å². The first-order chi connectivity index (χ1) is 15.5. The number of ether oxygens (including phenoxy) is 4. The standard InChI is InChI=1S/C26H26O6/c1-5-20-22(29-3)16-21(25(24(20)30-4)31-17(2)27)26(28)32-23(18-12-8-6-9-13-18)19-14-10-7-11-15-19/h6-16,23H,5H2,1-4H3. The predicted octanol–water partition coefficient (Wildman–Crippen LogP) is 5.14. The molecule has 6 nitrogen and oxygen atoms in total. The molecule has 6 heteroatoms. The summed E-state index contributed by atoms with van der Waals surface area (Å²) in [7, 11) is 2.96. The number of rotatable bonds is 8. The van der Waals surface area contributed by atoms with Crippen LogP contribution in [0.3, 0.4) is 0 Å². The number of carbonyl (C=O) groups is 2. The highest BCUT2D eigenvalue weighted by Crippen LogP contribution is 2.42. The van der Waals surface area contributed by atoms with Gasteiger partial charge in [0, 0.05) is 12.5 Å². The lowest BCUT2D eigenvalue weighted by Crippen LogP contribution is -2.16. The third-order valence-corrected chi connectivity index (χ3v) is 4.97. The molecular formula is C26H26O6. The predicted molar refractivity (Wildman–Crippen MR) is 120 cm³/mol. The molecule has 0 fully saturated rings. The molecular weight excluding hydrogens is 408 g/mol. The smallest absolute Gasteiger partial charge is 0.343 e. The monoisotopic (exact) mass is 434 g/mol. The number of benzene rings is 3. The Kier molecular flexibility index (Phi) is 7.49. The molecule has 0 atom stereocenters. The van der Waals surface area contributed by atoms with E-state index in [2.05, 4.69) is 0 Å². The van der Waals surface area contributed by atoms with E-state index >= 15 is 0 Å². The van der Waals surface area contributed by atoms with Gasteiger partial charge in [0.25, 0.3) is 0 Å². The van der Waals surface area contributed by atoms with Crippen LogP contribution in [0.15, 0.2) is 66.7 Å². The van der Waals surface area contributed by atoms with Gasteiger partial charge in [-0.05, 0) is 23.6 Å². The Morgan fingerprint density at radius 2 is 1.41 bits per heavy atom. The van der Waals surface area contributed by atoms with Crippen molar-refractivity contribution in [2.45, 2.75) is 26.4 Å². The normalized spacial score (nSPS) is 10.5. The zero-order valence-corrected chi connectivity index (χ0v) is 18.6. The van der Waals surface area contributed by atoms with Crippen LogP contribution < -0.4 is 14.2 Å².